The maximum absolute atomic E-state index is 12.7. The Morgan fingerprint density at radius 1 is 1.21 bits per heavy atom. The first-order chi connectivity index (χ1) is 14.0. The van der Waals surface area contributed by atoms with E-state index in [1.165, 1.54) is 0 Å². The minimum absolute atomic E-state index is 0.174. The first-order valence-corrected chi connectivity index (χ1v) is 10.8. The van der Waals surface area contributed by atoms with Gasteiger partial charge in [0.15, 0.2) is 0 Å². The number of anilines is 1. The van der Waals surface area contributed by atoms with Gasteiger partial charge in [0, 0.05) is 43.5 Å². The van der Waals surface area contributed by atoms with Crippen molar-refractivity contribution < 1.29 is 19.1 Å². The fourth-order valence-corrected chi connectivity index (χ4v) is 4.41. The van der Waals surface area contributed by atoms with E-state index in [-0.39, 0.29) is 12.5 Å². The molecule has 2 fully saturated rings. The van der Waals surface area contributed by atoms with Gasteiger partial charge < -0.3 is 14.5 Å². The second-order valence-corrected chi connectivity index (χ2v) is 7.95. The number of ether oxygens (including phenoxy) is 1. The Morgan fingerprint density at radius 2 is 1.90 bits per heavy atom. The number of methoxy groups -OCH3 is 1. The number of likely N-dealkylation sites (tertiary alicyclic amines) is 1. The van der Waals surface area contributed by atoms with E-state index >= 15 is 0 Å². The normalized spacial score (nSPS) is 18.1. The molecule has 0 atom stereocenters. The Hall–Kier alpha value is -2.48. The summed E-state index contributed by atoms with van der Waals surface area (Å²) in [5, 5.41) is -0.410. The van der Waals surface area contributed by atoms with Crippen LogP contribution in [0.15, 0.2) is 23.1 Å². The van der Waals surface area contributed by atoms with Gasteiger partial charge in [0.25, 0.3) is 11.1 Å². The highest BCUT2D eigenvalue weighted by Gasteiger charge is 2.37. The summed E-state index contributed by atoms with van der Waals surface area (Å²) < 4.78 is 5.51. The summed E-state index contributed by atoms with van der Waals surface area (Å²) in [4.78, 5) is 42.7. The molecule has 1 aromatic carbocycles. The molecule has 0 unspecified atom stereocenters. The summed E-state index contributed by atoms with van der Waals surface area (Å²) >= 11 is 0.862. The standard InChI is InChI=1S/C21H27N3O4S/c1-4-22(5-2)16-9-8-15(17(13-16)28-3)12-18-20(26)24(21(27)29-18)14-19(25)23-10-6-7-11-23/h8-9,12-13H,4-7,10-11,14H2,1-3H3/b18-12+. The number of benzene rings is 1. The minimum atomic E-state index is -0.428. The molecule has 7 nitrogen and oxygen atoms in total. The van der Waals surface area contributed by atoms with E-state index < -0.39 is 11.1 Å². The molecule has 2 aliphatic rings. The van der Waals surface area contributed by atoms with Crippen LogP contribution in [0.4, 0.5) is 10.5 Å². The van der Waals surface area contributed by atoms with Gasteiger partial charge in [-0.15, -0.1) is 0 Å². The highest BCUT2D eigenvalue weighted by molar-refractivity contribution is 8.18. The minimum Gasteiger partial charge on any atom is -0.496 e. The first kappa shape index (κ1) is 21.2. The van der Waals surface area contributed by atoms with Crippen molar-refractivity contribution in [2.45, 2.75) is 26.7 Å². The van der Waals surface area contributed by atoms with Crippen molar-refractivity contribution in [3.8, 4) is 5.75 Å². The quantitative estimate of drug-likeness (QED) is 0.635. The van der Waals surface area contributed by atoms with Gasteiger partial charge in [0.2, 0.25) is 5.91 Å². The van der Waals surface area contributed by atoms with Crippen molar-refractivity contribution >= 4 is 40.6 Å². The lowest BCUT2D eigenvalue weighted by Crippen LogP contribution is -2.40. The van der Waals surface area contributed by atoms with Gasteiger partial charge in [-0.1, -0.05) is 0 Å². The summed E-state index contributed by atoms with van der Waals surface area (Å²) in [5.41, 5.74) is 1.76. The molecule has 0 N–H and O–H groups in total. The van der Waals surface area contributed by atoms with E-state index in [0.29, 0.717) is 23.7 Å². The van der Waals surface area contributed by atoms with Crippen molar-refractivity contribution in [3.05, 3.63) is 28.7 Å². The van der Waals surface area contributed by atoms with Crippen LogP contribution in [0.5, 0.6) is 5.75 Å². The smallest absolute Gasteiger partial charge is 0.294 e. The van der Waals surface area contributed by atoms with Gasteiger partial charge in [-0.3, -0.25) is 19.3 Å². The molecule has 156 valence electrons. The lowest BCUT2D eigenvalue weighted by molar-refractivity contribution is -0.135. The number of imide groups is 1. The molecule has 0 bridgehead atoms. The largest absolute Gasteiger partial charge is 0.496 e. The molecule has 2 heterocycles. The van der Waals surface area contributed by atoms with Crippen LogP contribution in [-0.4, -0.2) is 66.7 Å². The zero-order valence-corrected chi connectivity index (χ0v) is 18.0. The Balaban J connectivity index is 1.78. The van der Waals surface area contributed by atoms with Crippen molar-refractivity contribution in [2.24, 2.45) is 0 Å². The highest BCUT2D eigenvalue weighted by Crippen LogP contribution is 2.35. The van der Waals surface area contributed by atoms with Crippen LogP contribution < -0.4 is 9.64 Å². The maximum Gasteiger partial charge on any atom is 0.294 e. The summed E-state index contributed by atoms with van der Waals surface area (Å²) in [7, 11) is 1.58. The molecule has 8 heteroatoms. The van der Waals surface area contributed by atoms with E-state index in [1.54, 1.807) is 18.1 Å². The van der Waals surface area contributed by atoms with E-state index in [0.717, 1.165) is 53.8 Å². The zero-order valence-electron chi connectivity index (χ0n) is 17.1. The van der Waals surface area contributed by atoms with Gasteiger partial charge in [-0.2, -0.15) is 0 Å². The van der Waals surface area contributed by atoms with Gasteiger partial charge >= 0.3 is 0 Å². The number of thioether (sulfide) groups is 1. The molecule has 29 heavy (non-hydrogen) atoms. The fourth-order valence-electron chi connectivity index (χ4n) is 3.58. The predicted octanol–water partition coefficient (Wildman–Crippen LogP) is 3.20. The van der Waals surface area contributed by atoms with Gasteiger partial charge in [0.05, 0.1) is 12.0 Å². The Labute approximate surface area is 175 Å². The van der Waals surface area contributed by atoms with Crippen LogP contribution in [0.3, 0.4) is 0 Å². The number of carbonyl (C=O) groups is 3. The van der Waals surface area contributed by atoms with Crippen LogP contribution in [0.25, 0.3) is 6.08 Å². The Morgan fingerprint density at radius 3 is 2.52 bits per heavy atom. The van der Waals surface area contributed by atoms with Crippen molar-refractivity contribution in [3.63, 3.8) is 0 Å². The number of rotatable bonds is 7. The topological polar surface area (TPSA) is 70.2 Å². The number of hydrogen-bond donors (Lipinski definition) is 0. The average molecular weight is 418 g/mol. The van der Waals surface area contributed by atoms with Crippen molar-refractivity contribution in [2.75, 3.05) is 44.7 Å². The second-order valence-electron chi connectivity index (χ2n) is 6.95. The maximum atomic E-state index is 12.7. The highest BCUT2D eigenvalue weighted by atomic mass is 32.2. The van der Waals surface area contributed by atoms with Crippen LogP contribution in [0, 0.1) is 0 Å². The van der Waals surface area contributed by atoms with Crippen molar-refractivity contribution in [1.29, 1.82) is 0 Å². The molecule has 3 rings (SSSR count). The third-order valence-corrected chi connectivity index (χ3v) is 6.17. The van der Waals surface area contributed by atoms with E-state index in [9.17, 15) is 14.4 Å². The molecule has 1 aromatic rings. The number of carbonyl (C=O) groups excluding carboxylic acids is 3. The molecule has 2 aliphatic heterocycles. The average Bonchev–Trinajstić information content (AvgIpc) is 3.35. The number of hydrogen-bond acceptors (Lipinski definition) is 6. The van der Waals surface area contributed by atoms with E-state index in [2.05, 4.69) is 18.7 Å². The molecular formula is C21H27N3O4S. The summed E-state index contributed by atoms with van der Waals surface area (Å²) in [5.74, 6) is 0.0315. The molecule has 3 amide bonds. The van der Waals surface area contributed by atoms with Crippen LogP contribution in [0.2, 0.25) is 0 Å². The molecule has 0 spiro atoms. The molecular weight excluding hydrogens is 390 g/mol. The van der Waals surface area contributed by atoms with Gasteiger partial charge in [-0.25, -0.2) is 0 Å². The predicted molar refractivity (Wildman–Crippen MR) is 115 cm³/mol. The van der Waals surface area contributed by atoms with Gasteiger partial charge in [0.1, 0.15) is 12.3 Å². The third-order valence-electron chi connectivity index (χ3n) is 5.26. The lowest BCUT2D eigenvalue weighted by Gasteiger charge is -2.22. The molecule has 0 saturated carbocycles. The van der Waals surface area contributed by atoms with Gasteiger partial charge in [-0.05, 0) is 56.7 Å². The van der Waals surface area contributed by atoms with Crippen LogP contribution >= 0.6 is 11.8 Å². The molecule has 0 aromatic heterocycles. The van der Waals surface area contributed by atoms with Crippen molar-refractivity contribution in [1.82, 2.24) is 9.80 Å². The molecule has 0 aliphatic carbocycles. The summed E-state index contributed by atoms with van der Waals surface area (Å²) in [6.07, 6.45) is 3.60. The zero-order chi connectivity index (χ0) is 21.0. The lowest BCUT2D eigenvalue weighted by atomic mass is 10.1. The van der Waals surface area contributed by atoms with Crippen LogP contribution in [0.1, 0.15) is 32.3 Å². The second kappa shape index (κ2) is 9.35. The molecule has 0 radical (unpaired) electrons. The Bertz CT molecular complexity index is 829. The number of nitrogens with zero attached hydrogens (tertiary/aromatic N) is 3. The fraction of sp³-hybridized carbons (Fsp3) is 0.476. The Kier molecular flexibility index (Phi) is 6.84. The van der Waals surface area contributed by atoms with E-state index in [1.807, 2.05) is 18.2 Å². The first-order valence-electron chi connectivity index (χ1n) is 9.94. The monoisotopic (exact) mass is 417 g/mol. The number of amides is 3. The van der Waals surface area contributed by atoms with Crippen LogP contribution in [-0.2, 0) is 9.59 Å². The SMILES string of the molecule is CCN(CC)c1ccc(/C=C2/SC(=O)N(CC(=O)N3CCCC3)C2=O)c(OC)c1. The summed E-state index contributed by atoms with van der Waals surface area (Å²) in [6.45, 7) is 7.13. The molecule has 2 saturated heterocycles. The summed E-state index contributed by atoms with van der Waals surface area (Å²) in [6, 6.07) is 5.79. The third kappa shape index (κ3) is 4.58. The van der Waals surface area contributed by atoms with E-state index in [4.69, 9.17) is 4.74 Å².